The highest BCUT2D eigenvalue weighted by molar-refractivity contribution is 14.1. The Morgan fingerprint density at radius 1 is 0.978 bits per heavy atom. The Labute approximate surface area is 277 Å². The maximum absolute atomic E-state index is 12.6. The maximum atomic E-state index is 12.6. The normalized spacial score (nSPS) is 13.1. The summed E-state index contributed by atoms with van der Waals surface area (Å²) >= 11 is 2.17. The molecule has 9 nitrogen and oxygen atoms in total. The number of halogens is 1. The van der Waals surface area contributed by atoms with Crippen LogP contribution in [-0.4, -0.2) is 48.9 Å². The lowest BCUT2D eigenvalue weighted by molar-refractivity contribution is 0.0963. The zero-order valence-electron chi connectivity index (χ0n) is 25.9. The van der Waals surface area contributed by atoms with Gasteiger partial charge >= 0.3 is 0 Å². The molecular formula is C35H37IN6O3. The number of nitrogens with zero attached hydrogens (tertiary/aromatic N) is 3. The first-order valence-electron chi connectivity index (χ1n) is 14.9. The third kappa shape index (κ3) is 7.80. The van der Waals surface area contributed by atoms with Crippen molar-refractivity contribution >= 4 is 63.1 Å². The van der Waals surface area contributed by atoms with Crippen LogP contribution in [0.15, 0.2) is 84.6 Å². The van der Waals surface area contributed by atoms with Crippen LogP contribution in [0.25, 0.3) is 0 Å². The summed E-state index contributed by atoms with van der Waals surface area (Å²) < 4.78 is 6.57. The van der Waals surface area contributed by atoms with Crippen molar-refractivity contribution in [2.75, 3.05) is 42.8 Å². The van der Waals surface area contributed by atoms with Gasteiger partial charge in [-0.2, -0.15) is 4.98 Å². The Hall–Kier alpha value is -4.45. The van der Waals surface area contributed by atoms with Gasteiger partial charge in [0.2, 0.25) is 5.95 Å². The number of carbonyl (C=O) groups excluding carboxylic acids is 2. The van der Waals surface area contributed by atoms with Crippen molar-refractivity contribution in [3.63, 3.8) is 0 Å². The minimum absolute atomic E-state index is 0.0598. The summed E-state index contributed by atoms with van der Waals surface area (Å²) in [6.45, 7) is 5.69. The highest BCUT2D eigenvalue weighted by Gasteiger charge is 2.22. The summed E-state index contributed by atoms with van der Waals surface area (Å²) in [4.78, 5) is 36.4. The molecule has 1 aliphatic heterocycles. The van der Waals surface area contributed by atoms with Crippen LogP contribution < -0.4 is 25.6 Å². The standard InChI is InChI=1S/C35H37IN6O3/c1-22(2)18-31(43)25-9-7-8-24(19-25)23-14-16-42(17-15-23)26-12-13-30(32(20-26)45-4)40-35-38-21-28(36)33(41-35)39-29-11-6-5-10-27(29)34(44)37-3/h5-13,18-21,23H,14-17H2,1-4H3,(H,37,44)(H2,38,39,40,41). The summed E-state index contributed by atoms with van der Waals surface area (Å²) in [6, 6.07) is 21.5. The van der Waals surface area contributed by atoms with Crippen molar-refractivity contribution in [2.45, 2.75) is 32.6 Å². The predicted octanol–water partition coefficient (Wildman–Crippen LogP) is 7.47. The Kier molecular flexibility index (Phi) is 10.3. The van der Waals surface area contributed by atoms with Gasteiger partial charge < -0.3 is 25.6 Å². The van der Waals surface area contributed by atoms with E-state index >= 15 is 0 Å². The fraction of sp³-hybridized carbons (Fsp3) is 0.257. The summed E-state index contributed by atoms with van der Waals surface area (Å²) in [5, 5.41) is 9.24. The van der Waals surface area contributed by atoms with Crippen molar-refractivity contribution in [2.24, 2.45) is 0 Å². The number of hydrogen-bond acceptors (Lipinski definition) is 8. The van der Waals surface area contributed by atoms with Gasteiger partial charge in [-0.15, -0.1) is 0 Å². The number of benzene rings is 3. The van der Waals surface area contributed by atoms with E-state index < -0.39 is 0 Å². The van der Waals surface area contributed by atoms with E-state index in [9.17, 15) is 9.59 Å². The predicted molar refractivity (Wildman–Crippen MR) is 189 cm³/mol. The van der Waals surface area contributed by atoms with Gasteiger partial charge in [-0.3, -0.25) is 9.59 Å². The van der Waals surface area contributed by atoms with Gasteiger partial charge in [-0.1, -0.05) is 35.9 Å². The van der Waals surface area contributed by atoms with E-state index in [0.29, 0.717) is 34.7 Å². The fourth-order valence-corrected chi connectivity index (χ4v) is 5.82. The molecule has 1 fully saturated rings. The zero-order chi connectivity index (χ0) is 31.9. The third-order valence-corrected chi connectivity index (χ3v) is 8.54. The van der Waals surface area contributed by atoms with Crippen molar-refractivity contribution in [3.05, 3.63) is 105 Å². The molecule has 3 aromatic carbocycles. The number of carbonyl (C=O) groups is 2. The minimum Gasteiger partial charge on any atom is -0.494 e. The van der Waals surface area contributed by atoms with E-state index in [2.05, 4.69) is 71.6 Å². The lowest BCUT2D eigenvalue weighted by atomic mass is 9.88. The molecule has 5 rings (SSSR count). The van der Waals surface area contributed by atoms with Crippen LogP contribution in [0.5, 0.6) is 5.75 Å². The van der Waals surface area contributed by atoms with Gasteiger partial charge in [-0.25, -0.2) is 4.98 Å². The highest BCUT2D eigenvalue weighted by Crippen LogP contribution is 2.36. The second-order valence-electron chi connectivity index (χ2n) is 11.1. The number of amides is 1. The molecule has 3 N–H and O–H groups in total. The number of aromatic nitrogens is 2. The minimum atomic E-state index is -0.185. The first-order chi connectivity index (χ1) is 21.7. The summed E-state index contributed by atoms with van der Waals surface area (Å²) in [5.74, 6) is 1.94. The van der Waals surface area contributed by atoms with Crippen LogP contribution in [-0.2, 0) is 0 Å². The second kappa shape index (κ2) is 14.6. The summed E-state index contributed by atoms with van der Waals surface area (Å²) in [6.07, 6.45) is 5.41. The number of piperidine rings is 1. The number of nitrogens with one attached hydrogen (secondary N) is 3. The topological polar surface area (TPSA) is 108 Å². The third-order valence-electron chi connectivity index (χ3n) is 7.75. The molecule has 45 heavy (non-hydrogen) atoms. The van der Waals surface area contributed by atoms with Crippen LogP contribution in [0.1, 0.15) is 58.9 Å². The molecule has 0 atom stereocenters. The number of rotatable bonds is 10. The molecule has 0 radical (unpaired) electrons. The Morgan fingerprint density at radius 3 is 2.49 bits per heavy atom. The first-order valence-corrected chi connectivity index (χ1v) is 15.9. The van der Waals surface area contributed by atoms with E-state index in [4.69, 9.17) is 4.74 Å². The van der Waals surface area contributed by atoms with Crippen LogP contribution in [0.4, 0.5) is 28.8 Å². The van der Waals surface area contributed by atoms with Gasteiger partial charge in [-0.05, 0) is 97.2 Å². The Morgan fingerprint density at radius 2 is 1.76 bits per heavy atom. The lowest BCUT2D eigenvalue weighted by Gasteiger charge is -2.34. The molecule has 1 saturated heterocycles. The molecule has 1 amide bonds. The van der Waals surface area contributed by atoms with Gasteiger partial charge in [0, 0.05) is 43.7 Å². The molecule has 0 aliphatic carbocycles. The molecule has 0 saturated carbocycles. The average molecular weight is 717 g/mol. The quantitative estimate of drug-likeness (QED) is 0.0882. The molecule has 1 aromatic heterocycles. The molecule has 4 aromatic rings. The highest BCUT2D eigenvalue weighted by atomic mass is 127. The number of anilines is 5. The number of allylic oxidation sites excluding steroid dienone is 2. The molecule has 0 unspecified atom stereocenters. The second-order valence-corrected chi connectivity index (χ2v) is 12.3. The maximum Gasteiger partial charge on any atom is 0.253 e. The van der Waals surface area contributed by atoms with Gasteiger partial charge in [0.05, 0.1) is 27.6 Å². The monoisotopic (exact) mass is 716 g/mol. The molecule has 0 spiro atoms. The number of methoxy groups -OCH3 is 1. The molecule has 232 valence electrons. The van der Waals surface area contributed by atoms with E-state index in [1.165, 1.54) is 5.56 Å². The van der Waals surface area contributed by atoms with Gasteiger partial charge in [0.25, 0.3) is 5.91 Å². The van der Waals surface area contributed by atoms with Crippen LogP contribution >= 0.6 is 22.6 Å². The van der Waals surface area contributed by atoms with Crippen LogP contribution in [0.3, 0.4) is 0 Å². The summed E-state index contributed by atoms with van der Waals surface area (Å²) in [5.41, 5.74) is 5.97. The smallest absolute Gasteiger partial charge is 0.253 e. The summed E-state index contributed by atoms with van der Waals surface area (Å²) in [7, 11) is 3.25. The van der Waals surface area contributed by atoms with E-state index in [1.54, 1.807) is 32.5 Å². The van der Waals surface area contributed by atoms with Gasteiger partial charge in [0.15, 0.2) is 5.78 Å². The Bertz CT molecular complexity index is 1730. The average Bonchev–Trinajstić information content (AvgIpc) is 3.06. The van der Waals surface area contributed by atoms with Crippen LogP contribution in [0, 0.1) is 3.57 Å². The molecule has 10 heteroatoms. The van der Waals surface area contributed by atoms with Crippen LogP contribution in [0.2, 0.25) is 0 Å². The lowest BCUT2D eigenvalue weighted by Crippen LogP contribution is -2.32. The number of hydrogen-bond donors (Lipinski definition) is 3. The Balaban J connectivity index is 1.27. The largest absolute Gasteiger partial charge is 0.494 e. The van der Waals surface area contributed by atoms with Crippen molar-refractivity contribution in [1.82, 2.24) is 15.3 Å². The number of ketones is 1. The molecule has 2 heterocycles. The van der Waals surface area contributed by atoms with E-state index in [0.717, 1.165) is 52.0 Å². The molecule has 0 bridgehead atoms. The van der Waals surface area contributed by atoms with Gasteiger partial charge in [0.1, 0.15) is 11.6 Å². The first kappa shape index (κ1) is 32.0. The molecular weight excluding hydrogens is 679 g/mol. The SMILES string of the molecule is CNC(=O)c1ccccc1Nc1nc(Nc2ccc(N3CCC(c4cccc(C(=O)C=C(C)C)c4)CC3)cc2OC)ncc1I. The van der Waals surface area contributed by atoms with Crippen molar-refractivity contribution in [1.29, 1.82) is 0 Å². The van der Waals surface area contributed by atoms with Crippen molar-refractivity contribution in [3.8, 4) is 5.75 Å². The van der Waals surface area contributed by atoms with E-state index in [1.807, 2.05) is 56.3 Å². The zero-order valence-corrected chi connectivity index (χ0v) is 28.0. The van der Waals surface area contributed by atoms with E-state index in [-0.39, 0.29) is 11.7 Å². The van der Waals surface area contributed by atoms with Crippen molar-refractivity contribution < 1.29 is 14.3 Å². The number of para-hydroxylation sites is 1. The number of ether oxygens (including phenoxy) is 1. The molecule has 1 aliphatic rings. The fourth-order valence-electron chi connectivity index (χ4n) is 5.43.